The van der Waals surface area contributed by atoms with Gasteiger partial charge in [-0.1, -0.05) is 12.2 Å². The predicted octanol–water partition coefficient (Wildman–Crippen LogP) is 3.13. The number of nitrogens with one attached hydrogen (secondary N) is 1. The van der Waals surface area contributed by atoms with Gasteiger partial charge in [-0.2, -0.15) is 0 Å². The van der Waals surface area contributed by atoms with E-state index in [1.807, 2.05) is 13.1 Å². The first-order valence-electron chi connectivity index (χ1n) is 7.17. The van der Waals surface area contributed by atoms with E-state index in [1.54, 1.807) is 0 Å². The van der Waals surface area contributed by atoms with E-state index in [-0.39, 0.29) is 29.5 Å². The van der Waals surface area contributed by atoms with Crippen molar-refractivity contribution in [2.24, 2.45) is 0 Å². The number of aromatic nitrogens is 1. The highest BCUT2D eigenvalue weighted by Gasteiger charge is 2.47. The van der Waals surface area contributed by atoms with Crippen molar-refractivity contribution in [1.29, 1.82) is 0 Å². The molecule has 20 heavy (non-hydrogen) atoms. The molecule has 0 radical (unpaired) electrons. The zero-order chi connectivity index (χ0) is 14.5. The maximum atomic E-state index is 12.0. The summed E-state index contributed by atoms with van der Waals surface area (Å²) >= 11 is 0. The predicted molar refractivity (Wildman–Crippen MR) is 76.0 cm³/mol. The molecule has 1 aromatic rings. The fourth-order valence-electron chi connectivity index (χ4n) is 3.23. The van der Waals surface area contributed by atoms with Gasteiger partial charge in [-0.15, -0.1) is 0 Å². The van der Waals surface area contributed by atoms with Crippen LogP contribution in [0.1, 0.15) is 61.1 Å². The SMILES string of the molecule is CCOC(=O)c1[nH]cc2c1[C@H]1C=C[C@@H]2[C@H]1OC(C)(C)C. The molecular weight excluding hydrogens is 254 g/mol. The summed E-state index contributed by atoms with van der Waals surface area (Å²) in [6, 6.07) is 0. The van der Waals surface area contributed by atoms with Crippen LogP contribution in [-0.2, 0) is 9.47 Å². The molecule has 2 aliphatic carbocycles. The molecule has 0 unspecified atom stereocenters. The molecule has 0 aromatic carbocycles. The van der Waals surface area contributed by atoms with Crippen molar-refractivity contribution in [3.8, 4) is 0 Å². The van der Waals surface area contributed by atoms with E-state index in [4.69, 9.17) is 9.47 Å². The Morgan fingerprint density at radius 1 is 1.30 bits per heavy atom. The zero-order valence-electron chi connectivity index (χ0n) is 12.4. The minimum absolute atomic E-state index is 0.0998. The topological polar surface area (TPSA) is 51.3 Å². The Bertz CT molecular complexity index is 565. The monoisotopic (exact) mass is 275 g/mol. The fourth-order valence-corrected chi connectivity index (χ4v) is 3.23. The van der Waals surface area contributed by atoms with Gasteiger partial charge in [0.25, 0.3) is 0 Å². The molecule has 0 spiro atoms. The fraction of sp³-hybridized carbons (Fsp3) is 0.562. The van der Waals surface area contributed by atoms with Crippen LogP contribution in [0, 0.1) is 0 Å². The van der Waals surface area contributed by atoms with Crippen LogP contribution in [0.4, 0.5) is 0 Å². The molecule has 3 rings (SSSR count). The van der Waals surface area contributed by atoms with Gasteiger partial charge in [0.2, 0.25) is 0 Å². The van der Waals surface area contributed by atoms with Gasteiger partial charge in [0, 0.05) is 18.0 Å². The molecule has 0 amide bonds. The van der Waals surface area contributed by atoms with E-state index in [2.05, 4.69) is 37.9 Å². The van der Waals surface area contributed by atoms with E-state index in [1.165, 1.54) is 5.56 Å². The number of aromatic amines is 1. The van der Waals surface area contributed by atoms with Gasteiger partial charge in [-0.3, -0.25) is 0 Å². The van der Waals surface area contributed by atoms with Crippen LogP contribution in [0.5, 0.6) is 0 Å². The Kier molecular flexibility index (Phi) is 3.01. The minimum Gasteiger partial charge on any atom is -0.461 e. The third-order valence-corrected chi connectivity index (χ3v) is 3.85. The van der Waals surface area contributed by atoms with Crippen LogP contribution in [0.3, 0.4) is 0 Å². The number of hydrogen-bond donors (Lipinski definition) is 1. The number of carbonyl (C=O) groups is 1. The number of H-pyrrole nitrogens is 1. The van der Waals surface area contributed by atoms with Crippen molar-refractivity contribution in [1.82, 2.24) is 4.98 Å². The normalized spacial score (nSPS) is 26.9. The lowest BCUT2D eigenvalue weighted by molar-refractivity contribution is -0.0625. The van der Waals surface area contributed by atoms with E-state index >= 15 is 0 Å². The van der Waals surface area contributed by atoms with Crippen LogP contribution in [0.2, 0.25) is 0 Å². The molecule has 1 aromatic heterocycles. The Morgan fingerprint density at radius 2 is 2.00 bits per heavy atom. The zero-order valence-corrected chi connectivity index (χ0v) is 12.4. The molecule has 4 nitrogen and oxygen atoms in total. The Hall–Kier alpha value is -1.55. The van der Waals surface area contributed by atoms with Gasteiger partial charge in [-0.05, 0) is 38.8 Å². The van der Waals surface area contributed by atoms with Crippen molar-refractivity contribution in [3.63, 3.8) is 0 Å². The Labute approximate surface area is 119 Å². The highest BCUT2D eigenvalue weighted by Crippen LogP contribution is 2.52. The van der Waals surface area contributed by atoms with Crippen molar-refractivity contribution in [3.05, 3.63) is 35.2 Å². The van der Waals surface area contributed by atoms with Gasteiger partial charge in [0.15, 0.2) is 0 Å². The molecule has 0 saturated carbocycles. The first-order chi connectivity index (χ1) is 9.42. The summed E-state index contributed by atoms with van der Waals surface area (Å²) in [5.74, 6) is 0.123. The highest BCUT2D eigenvalue weighted by atomic mass is 16.5. The summed E-state index contributed by atoms with van der Waals surface area (Å²) in [6.45, 7) is 8.40. The minimum atomic E-state index is -0.274. The van der Waals surface area contributed by atoms with Crippen LogP contribution in [-0.4, -0.2) is 29.3 Å². The standard InChI is InChI=1S/C16H21NO3/c1-5-19-15(18)13-12-10-7-6-9(11(12)8-17-13)14(10)20-16(2,3)4/h6-10,14,17H,5H2,1-4H3/t9-,10+,14+/m0/s1. The molecular formula is C16H21NO3. The molecule has 2 bridgehead atoms. The molecule has 1 heterocycles. The lowest BCUT2D eigenvalue weighted by Gasteiger charge is -2.28. The molecule has 108 valence electrons. The summed E-state index contributed by atoms with van der Waals surface area (Å²) in [7, 11) is 0. The largest absolute Gasteiger partial charge is 0.461 e. The quantitative estimate of drug-likeness (QED) is 0.681. The second-order valence-corrected chi connectivity index (χ2v) is 6.38. The molecule has 4 heteroatoms. The third-order valence-electron chi connectivity index (χ3n) is 3.85. The molecule has 0 aliphatic heterocycles. The average molecular weight is 275 g/mol. The number of esters is 1. The van der Waals surface area contributed by atoms with Crippen molar-refractivity contribution in [2.45, 2.75) is 51.2 Å². The number of rotatable bonds is 3. The number of ether oxygens (including phenoxy) is 2. The van der Waals surface area contributed by atoms with Crippen LogP contribution in [0.25, 0.3) is 0 Å². The molecule has 2 aliphatic rings. The Balaban J connectivity index is 1.91. The third kappa shape index (κ3) is 1.99. The van der Waals surface area contributed by atoms with Crippen LogP contribution < -0.4 is 0 Å². The summed E-state index contributed by atoms with van der Waals surface area (Å²) in [4.78, 5) is 15.1. The summed E-state index contributed by atoms with van der Waals surface area (Å²) in [5, 5.41) is 0. The van der Waals surface area contributed by atoms with Crippen LogP contribution in [0.15, 0.2) is 18.3 Å². The van der Waals surface area contributed by atoms with E-state index in [0.29, 0.717) is 12.3 Å². The maximum Gasteiger partial charge on any atom is 0.355 e. The van der Waals surface area contributed by atoms with Crippen LogP contribution >= 0.6 is 0 Å². The molecule has 0 saturated heterocycles. The lowest BCUT2D eigenvalue weighted by atomic mass is 9.99. The molecule has 0 fully saturated rings. The van der Waals surface area contributed by atoms with Gasteiger partial charge in [-0.25, -0.2) is 4.79 Å². The molecule has 3 atom stereocenters. The Morgan fingerprint density at radius 3 is 2.65 bits per heavy atom. The lowest BCUT2D eigenvalue weighted by Crippen LogP contribution is -2.30. The highest BCUT2D eigenvalue weighted by molar-refractivity contribution is 5.91. The van der Waals surface area contributed by atoms with Gasteiger partial charge < -0.3 is 14.5 Å². The van der Waals surface area contributed by atoms with Crippen molar-refractivity contribution >= 4 is 5.97 Å². The van der Waals surface area contributed by atoms with E-state index in [0.717, 1.165) is 5.56 Å². The average Bonchev–Trinajstić information content (AvgIpc) is 2.98. The summed E-state index contributed by atoms with van der Waals surface area (Å²) in [6.07, 6.45) is 6.36. The first-order valence-corrected chi connectivity index (χ1v) is 7.17. The van der Waals surface area contributed by atoms with E-state index in [9.17, 15) is 4.79 Å². The number of fused-ring (bicyclic) bond motifs is 5. The summed E-state index contributed by atoms with van der Waals surface area (Å²) in [5.41, 5.74) is 2.63. The van der Waals surface area contributed by atoms with Gasteiger partial charge in [0.1, 0.15) is 5.69 Å². The first kappa shape index (κ1) is 13.4. The van der Waals surface area contributed by atoms with Gasteiger partial charge >= 0.3 is 5.97 Å². The maximum absolute atomic E-state index is 12.0. The number of carbonyl (C=O) groups excluding carboxylic acids is 1. The van der Waals surface area contributed by atoms with E-state index < -0.39 is 0 Å². The number of hydrogen-bond acceptors (Lipinski definition) is 3. The van der Waals surface area contributed by atoms with Gasteiger partial charge in [0.05, 0.1) is 18.3 Å². The summed E-state index contributed by atoms with van der Waals surface area (Å²) < 4.78 is 11.3. The second kappa shape index (κ2) is 4.48. The van der Waals surface area contributed by atoms with Crippen molar-refractivity contribution in [2.75, 3.05) is 6.61 Å². The molecule has 1 N–H and O–H groups in total. The van der Waals surface area contributed by atoms with Crippen molar-refractivity contribution < 1.29 is 14.3 Å². The second-order valence-electron chi connectivity index (χ2n) is 6.38. The smallest absolute Gasteiger partial charge is 0.355 e.